The van der Waals surface area contributed by atoms with Crippen LogP contribution < -0.4 is 0 Å². The van der Waals surface area contributed by atoms with E-state index in [0.717, 1.165) is 19.5 Å². The maximum atomic E-state index is 8.40. The molecule has 0 N–H and O–H groups in total. The van der Waals surface area contributed by atoms with E-state index in [2.05, 4.69) is 32.0 Å². The Balaban J connectivity index is 2.35. The molecule has 2 nitrogen and oxygen atoms in total. The molecule has 0 radical (unpaired) electrons. The molecule has 0 amide bonds. The van der Waals surface area contributed by atoms with Gasteiger partial charge < -0.3 is 0 Å². The molecular weight excluding hydrogens is 215 g/mol. The van der Waals surface area contributed by atoms with Crippen LogP contribution in [0.4, 0.5) is 0 Å². The molecule has 0 saturated carbocycles. The third-order valence-electron chi connectivity index (χ3n) is 1.32. The summed E-state index contributed by atoms with van der Waals surface area (Å²) in [6.45, 7) is 2.04. The summed E-state index contributed by atoms with van der Waals surface area (Å²) in [4.78, 5) is 0. The van der Waals surface area contributed by atoms with Gasteiger partial charge in [-0.3, -0.25) is 0 Å². The molecule has 0 aromatic carbocycles. The van der Waals surface area contributed by atoms with Gasteiger partial charge in [-0.1, -0.05) is 0 Å². The van der Waals surface area contributed by atoms with Crippen LogP contribution in [0.1, 0.15) is 6.42 Å². The lowest BCUT2D eigenvalue weighted by Gasteiger charge is -1.99. The molecule has 0 spiro atoms. The molecule has 1 rings (SSSR count). The van der Waals surface area contributed by atoms with E-state index in [-0.39, 0.29) is 0 Å². The zero-order valence-corrected chi connectivity index (χ0v) is 6.63. The Labute approximate surface area is 63.0 Å². The van der Waals surface area contributed by atoms with Crippen molar-refractivity contribution in [3.8, 4) is 6.07 Å². The normalized spacial score (nSPS) is 30.2. The minimum absolute atomic E-state index is 0.298. The van der Waals surface area contributed by atoms with Crippen molar-refractivity contribution in [3.63, 3.8) is 0 Å². The van der Waals surface area contributed by atoms with Crippen LogP contribution in [0, 0.1) is 17.2 Å². The second-order valence-corrected chi connectivity index (χ2v) is 3.35. The number of hydrogen-bond donors (Lipinski definition) is 0. The predicted molar refractivity (Wildman–Crippen MR) is 39.3 cm³/mol. The first-order chi connectivity index (χ1) is 3.83. The first-order valence-electron chi connectivity index (χ1n) is 2.63. The molecule has 1 aliphatic rings. The largest absolute Gasteiger partial charge is 0.246 e. The summed E-state index contributed by atoms with van der Waals surface area (Å²) in [7, 11) is 0. The third kappa shape index (κ3) is 1.33. The van der Waals surface area contributed by atoms with Gasteiger partial charge in [-0.25, -0.2) is 3.11 Å². The fourth-order valence-electron chi connectivity index (χ4n) is 0.823. The second kappa shape index (κ2) is 2.65. The molecule has 0 bridgehead atoms. The van der Waals surface area contributed by atoms with Crippen LogP contribution in [-0.2, 0) is 0 Å². The molecule has 3 heteroatoms. The highest BCUT2D eigenvalue weighted by molar-refractivity contribution is 14.1. The van der Waals surface area contributed by atoms with E-state index < -0.39 is 0 Å². The lowest BCUT2D eigenvalue weighted by atomic mass is 10.2. The van der Waals surface area contributed by atoms with Gasteiger partial charge in [-0.05, 0) is 6.42 Å². The summed E-state index contributed by atoms with van der Waals surface area (Å²) in [5.41, 5.74) is 0. The first-order valence-corrected chi connectivity index (χ1v) is 3.60. The summed E-state index contributed by atoms with van der Waals surface area (Å²) >= 11 is 2.25. The number of hydrogen-bond acceptors (Lipinski definition) is 2. The van der Waals surface area contributed by atoms with Crippen LogP contribution in [0.25, 0.3) is 0 Å². The lowest BCUT2D eigenvalue weighted by molar-refractivity contribution is 0.615. The minimum Gasteiger partial charge on any atom is -0.246 e. The van der Waals surface area contributed by atoms with Gasteiger partial charge in [0.15, 0.2) is 0 Å². The molecule has 1 saturated heterocycles. The van der Waals surface area contributed by atoms with Crippen LogP contribution in [-0.4, -0.2) is 16.2 Å². The van der Waals surface area contributed by atoms with Gasteiger partial charge in [-0.2, -0.15) is 5.26 Å². The summed E-state index contributed by atoms with van der Waals surface area (Å²) in [5, 5.41) is 8.40. The van der Waals surface area contributed by atoms with Crippen molar-refractivity contribution >= 4 is 22.9 Å². The third-order valence-corrected chi connectivity index (χ3v) is 2.20. The fraction of sp³-hybridized carbons (Fsp3) is 0.800. The summed E-state index contributed by atoms with van der Waals surface area (Å²) in [6, 6.07) is 2.25. The molecular formula is C5H7IN2. The van der Waals surface area contributed by atoms with E-state index in [1.165, 1.54) is 0 Å². The number of nitrogens with zero attached hydrogens (tertiary/aromatic N) is 2. The van der Waals surface area contributed by atoms with Gasteiger partial charge in [0.05, 0.1) is 12.0 Å². The van der Waals surface area contributed by atoms with E-state index in [1.54, 1.807) is 0 Å². The number of nitriles is 1. The standard InChI is InChI=1S/C5H7IN2/c6-8-2-1-5(3-7)4-8/h5H,1-2,4H2. The van der Waals surface area contributed by atoms with Crippen molar-refractivity contribution in [1.29, 1.82) is 5.26 Å². The van der Waals surface area contributed by atoms with Crippen LogP contribution in [0.2, 0.25) is 0 Å². The topological polar surface area (TPSA) is 27.0 Å². The maximum absolute atomic E-state index is 8.40. The SMILES string of the molecule is N#CC1CCN(I)C1. The molecule has 44 valence electrons. The number of halogens is 1. The smallest absolute Gasteiger partial charge is 0.0670 e. The Morgan fingerprint density at radius 1 is 1.75 bits per heavy atom. The monoisotopic (exact) mass is 222 g/mol. The Hall–Kier alpha value is 0.180. The summed E-state index contributed by atoms with van der Waals surface area (Å²) in [6.07, 6.45) is 1.06. The quantitative estimate of drug-likeness (QED) is 0.454. The van der Waals surface area contributed by atoms with Crippen molar-refractivity contribution in [2.75, 3.05) is 13.1 Å². The van der Waals surface area contributed by atoms with Crippen LogP contribution in [0.15, 0.2) is 0 Å². The first kappa shape index (κ1) is 6.30. The van der Waals surface area contributed by atoms with E-state index in [4.69, 9.17) is 5.26 Å². The highest BCUT2D eigenvalue weighted by Gasteiger charge is 2.18. The Kier molecular flexibility index (Phi) is 2.08. The highest BCUT2D eigenvalue weighted by Crippen LogP contribution is 2.17. The predicted octanol–water partition coefficient (Wildman–Crippen LogP) is 1.18. The zero-order chi connectivity index (χ0) is 5.98. The van der Waals surface area contributed by atoms with Gasteiger partial charge >= 0.3 is 0 Å². The van der Waals surface area contributed by atoms with Crippen molar-refractivity contribution in [2.45, 2.75) is 6.42 Å². The average molecular weight is 222 g/mol. The van der Waals surface area contributed by atoms with Crippen molar-refractivity contribution in [1.82, 2.24) is 3.11 Å². The zero-order valence-electron chi connectivity index (χ0n) is 4.47. The molecule has 0 aromatic rings. The van der Waals surface area contributed by atoms with Crippen molar-refractivity contribution in [3.05, 3.63) is 0 Å². The van der Waals surface area contributed by atoms with Gasteiger partial charge in [0.25, 0.3) is 0 Å². The molecule has 0 aliphatic carbocycles. The maximum Gasteiger partial charge on any atom is 0.0670 e. The average Bonchev–Trinajstić information content (AvgIpc) is 2.14. The van der Waals surface area contributed by atoms with Gasteiger partial charge in [0, 0.05) is 36.0 Å². The Morgan fingerprint density at radius 3 is 2.75 bits per heavy atom. The number of rotatable bonds is 0. The summed E-state index contributed by atoms with van der Waals surface area (Å²) in [5.74, 6) is 0.298. The molecule has 0 aromatic heterocycles. The molecule has 1 unspecified atom stereocenters. The van der Waals surface area contributed by atoms with Crippen molar-refractivity contribution < 1.29 is 0 Å². The van der Waals surface area contributed by atoms with E-state index in [0.29, 0.717) is 5.92 Å². The van der Waals surface area contributed by atoms with E-state index >= 15 is 0 Å². The summed E-state index contributed by atoms with van der Waals surface area (Å²) < 4.78 is 2.16. The molecule has 1 atom stereocenters. The molecule has 1 aliphatic heterocycles. The molecule has 8 heavy (non-hydrogen) atoms. The highest BCUT2D eigenvalue weighted by atomic mass is 127. The van der Waals surface area contributed by atoms with Crippen LogP contribution in [0.5, 0.6) is 0 Å². The van der Waals surface area contributed by atoms with Crippen molar-refractivity contribution in [2.24, 2.45) is 5.92 Å². The van der Waals surface area contributed by atoms with Crippen LogP contribution >= 0.6 is 22.9 Å². The van der Waals surface area contributed by atoms with Gasteiger partial charge in [0.2, 0.25) is 0 Å². The van der Waals surface area contributed by atoms with Gasteiger partial charge in [0.1, 0.15) is 0 Å². The van der Waals surface area contributed by atoms with E-state index in [1.807, 2.05) is 0 Å². The fourth-order valence-corrected chi connectivity index (χ4v) is 1.58. The van der Waals surface area contributed by atoms with Crippen LogP contribution in [0.3, 0.4) is 0 Å². The lowest BCUT2D eigenvalue weighted by Crippen LogP contribution is -2.05. The Morgan fingerprint density at radius 2 is 2.50 bits per heavy atom. The second-order valence-electron chi connectivity index (χ2n) is 1.98. The molecule has 1 fully saturated rings. The Bertz CT molecular complexity index is 118. The van der Waals surface area contributed by atoms with Gasteiger partial charge in [-0.15, -0.1) is 0 Å². The molecule has 1 heterocycles. The van der Waals surface area contributed by atoms with E-state index in [9.17, 15) is 0 Å². The minimum atomic E-state index is 0.298.